The molecule has 3 rings (SSSR count). The molecule has 0 saturated heterocycles. The second kappa shape index (κ2) is 4.09. The van der Waals surface area contributed by atoms with E-state index in [0.717, 1.165) is 12.3 Å². The summed E-state index contributed by atoms with van der Waals surface area (Å²) >= 11 is 0. The van der Waals surface area contributed by atoms with Gasteiger partial charge in [0.2, 0.25) is 0 Å². The molecular formula is C13H16N2O2. The quantitative estimate of drug-likeness (QED) is 0.733. The Morgan fingerprint density at radius 1 is 1.41 bits per heavy atom. The normalized spacial score (nSPS) is 30.5. The molecule has 90 valence electrons. The van der Waals surface area contributed by atoms with Crippen LogP contribution in [0.2, 0.25) is 0 Å². The minimum Gasteiger partial charge on any atom is -0.457 e. The van der Waals surface area contributed by atoms with E-state index >= 15 is 0 Å². The SMILES string of the molecule is Cc1nccc(C(=O)O[C@@H]2C[C@H]3CC[C@H]2C3)n1. The highest BCUT2D eigenvalue weighted by molar-refractivity contribution is 5.87. The molecule has 2 saturated carbocycles. The zero-order valence-corrected chi connectivity index (χ0v) is 9.93. The lowest BCUT2D eigenvalue weighted by Gasteiger charge is -2.21. The molecule has 0 unspecified atom stereocenters. The molecule has 2 aliphatic rings. The molecule has 0 aromatic carbocycles. The monoisotopic (exact) mass is 232 g/mol. The zero-order valence-electron chi connectivity index (χ0n) is 9.93. The van der Waals surface area contributed by atoms with Crippen molar-refractivity contribution >= 4 is 5.97 Å². The van der Waals surface area contributed by atoms with E-state index in [1.165, 1.54) is 19.3 Å². The predicted octanol–water partition coefficient (Wildman–Crippen LogP) is 2.13. The van der Waals surface area contributed by atoms with Crippen LogP contribution in [-0.4, -0.2) is 22.0 Å². The third-order valence-corrected chi connectivity index (χ3v) is 3.92. The van der Waals surface area contributed by atoms with Gasteiger partial charge in [-0.3, -0.25) is 0 Å². The topological polar surface area (TPSA) is 52.1 Å². The van der Waals surface area contributed by atoms with Crippen LogP contribution in [0, 0.1) is 18.8 Å². The van der Waals surface area contributed by atoms with Gasteiger partial charge in [0.25, 0.3) is 0 Å². The average Bonchev–Trinajstić information content (AvgIpc) is 2.91. The summed E-state index contributed by atoms with van der Waals surface area (Å²) in [6, 6.07) is 1.61. The Balaban J connectivity index is 1.68. The van der Waals surface area contributed by atoms with Gasteiger partial charge in [0.15, 0.2) is 5.69 Å². The van der Waals surface area contributed by atoms with Gasteiger partial charge < -0.3 is 4.74 Å². The number of hydrogen-bond donors (Lipinski definition) is 0. The molecule has 0 spiro atoms. The van der Waals surface area contributed by atoms with Crippen molar-refractivity contribution in [2.24, 2.45) is 11.8 Å². The van der Waals surface area contributed by atoms with Gasteiger partial charge in [-0.05, 0) is 50.5 Å². The van der Waals surface area contributed by atoms with E-state index in [2.05, 4.69) is 9.97 Å². The third kappa shape index (κ3) is 2.04. The van der Waals surface area contributed by atoms with E-state index in [-0.39, 0.29) is 12.1 Å². The summed E-state index contributed by atoms with van der Waals surface area (Å²) in [5, 5.41) is 0. The molecule has 3 atom stereocenters. The van der Waals surface area contributed by atoms with Crippen LogP contribution in [0.4, 0.5) is 0 Å². The maximum Gasteiger partial charge on any atom is 0.357 e. The number of carbonyl (C=O) groups excluding carboxylic acids is 1. The summed E-state index contributed by atoms with van der Waals surface area (Å²) in [4.78, 5) is 20.0. The molecule has 17 heavy (non-hydrogen) atoms. The fraction of sp³-hybridized carbons (Fsp3) is 0.615. The van der Waals surface area contributed by atoms with E-state index in [1.54, 1.807) is 19.2 Å². The highest BCUT2D eigenvalue weighted by atomic mass is 16.5. The van der Waals surface area contributed by atoms with Gasteiger partial charge in [0.05, 0.1) is 0 Å². The molecule has 2 fully saturated rings. The smallest absolute Gasteiger partial charge is 0.357 e. The van der Waals surface area contributed by atoms with Gasteiger partial charge in [-0.15, -0.1) is 0 Å². The fourth-order valence-electron chi connectivity index (χ4n) is 3.10. The Morgan fingerprint density at radius 3 is 2.94 bits per heavy atom. The lowest BCUT2D eigenvalue weighted by Crippen LogP contribution is -2.24. The number of nitrogens with zero attached hydrogens (tertiary/aromatic N) is 2. The molecule has 1 aromatic rings. The van der Waals surface area contributed by atoms with E-state index in [9.17, 15) is 4.79 Å². The highest BCUT2D eigenvalue weighted by Gasteiger charge is 2.41. The molecule has 2 bridgehead atoms. The summed E-state index contributed by atoms with van der Waals surface area (Å²) in [6.07, 6.45) is 6.52. The van der Waals surface area contributed by atoms with Gasteiger partial charge in [0.1, 0.15) is 11.9 Å². The Labute approximate surface area is 100 Å². The van der Waals surface area contributed by atoms with Crippen LogP contribution in [-0.2, 0) is 4.74 Å². The van der Waals surface area contributed by atoms with E-state index in [1.807, 2.05) is 0 Å². The van der Waals surface area contributed by atoms with Gasteiger partial charge in [-0.25, -0.2) is 14.8 Å². The number of fused-ring (bicyclic) bond motifs is 2. The van der Waals surface area contributed by atoms with Crippen LogP contribution in [0.1, 0.15) is 42.0 Å². The van der Waals surface area contributed by atoms with E-state index in [0.29, 0.717) is 17.4 Å². The van der Waals surface area contributed by atoms with Crippen LogP contribution in [0.5, 0.6) is 0 Å². The first-order valence-electron chi connectivity index (χ1n) is 6.23. The average molecular weight is 232 g/mol. The molecule has 0 amide bonds. The van der Waals surface area contributed by atoms with E-state index < -0.39 is 0 Å². The third-order valence-electron chi connectivity index (χ3n) is 3.92. The molecule has 4 nitrogen and oxygen atoms in total. The molecule has 0 N–H and O–H groups in total. The first-order valence-corrected chi connectivity index (χ1v) is 6.23. The summed E-state index contributed by atoms with van der Waals surface area (Å²) in [5.41, 5.74) is 0.375. The largest absolute Gasteiger partial charge is 0.457 e. The number of ether oxygens (including phenoxy) is 1. The number of aromatic nitrogens is 2. The van der Waals surface area contributed by atoms with Crippen LogP contribution in [0.15, 0.2) is 12.3 Å². The molecule has 0 radical (unpaired) electrons. The van der Waals surface area contributed by atoms with E-state index in [4.69, 9.17) is 4.74 Å². The van der Waals surface area contributed by atoms with Crippen molar-refractivity contribution in [1.29, 1.82) is 0 Å². The number of aryl methyl sites for hydroxylation is 1. The van der Waals surface area contributed by atoms with Crippen LogP contribution in [0.3, 0.4) is 0 Å². The number of hydrogen-bond acceptors (Lipinski definition) is 4. The van der Waals surface area contributed by atoms with Gasteiger partial charge in [-0.2, -0.15) is 0 Å². The van der Waals surface area contributed by atoms with Crippen molar-refractivity contribution in [2.75, 3.05) is 0 Å². The molecule has 2 aliphatic carbocycles. The van der Waals surface area contributed by atoms with Crippen LogP contribution in [0.25, 0.3) is 0 Å². The van der Waals surface area contributed by atoms with Gasteiger partial charge in [-0.1, -0.05) is 0 Å². The Kier molecular flexibility index (Phi) is 2.57. The van der Waals surface area contributed by atoms with Crippen molar-refractivity contribution in [1.82, 2.24) is 9.97 Å². The minimum absolute atomic E-state index is 0.122. The van der Waals surface area contributed by atoms with Gasteiger partial charge in [0, 0.05) is 6.20 Å². The first kappa shape index (κ1) is 10.7. The lowest BCUT2D eigenvalue weighted by atomic mass is 9.98. The van der Waals surface area contributed by atoms with Crippen molar-refractivity contribution < 1.29 is 9.53 Å². The molecule has 1 heterocycles. The Morgan fingerprint density at radius 2 is 2.29 bits per heavy atom. The minimum atomic E-state index is -0.298. The highest BCUT2D eigenvalue weighted by Crippen LogP contribution is 2.45. The van der Waals surface area contributed by atoms with Crippen molar-refractivity contribution in [3.63, 3.8) is 0 Å². The Hall–Kier alpha value is -1.45. The number of carbonyl (C=O) groups is 1. The molecule has 1 aromatic heterocycles. The van der Waals surface area contributed by atoms with Crippen molar-refractivity contribution in [3.05, 3.63) is 23.8 Å². The molecule has 4 heteroatoms. The van der Waals surface area contributed by atoms with Crippen molar-refractivity contribution in [3.8, 4) is 0 Å². The Bertz CT molecular complexity index is 447. The second-order valence-electron chi connectivity index (χ2n) is 5.11. The predicted molar refractivity (Wildman–Crippen MR) is 61.4 cm³/mol. The fourth-order valence-corrected chi connectivity index (χ4v) is 3.10. The van der Waals surface area contributed by atoms with Crippen molar-refractivity contribution in [2.45, 2.75) is 38.7 Å². The summed E-state index contributed by atoms with van der Waals surface area (Å²) < 4.78 is 5.56. The number of rotatable bonds is 2. The molecular weight excluding hydrogens is 216 g/mol. The standard InChI is InChI=1S/C13H16N2O2/c1-8-14-5-4-11(15-8)13(16)17-12-7-9-2-3-10(12)6-9/h4-5,9-10,12H,2-3,6-7H2,1H3/t9-,10-,12+/m0/s1. The summed E-state index contributed by atoms with van der Waals surface area (Å²) in [7, 11) is 0. The maximum atomic E-state index is 11.9. The van der Waals surface area contributed by atoms with Crippen LogP contribution < -0.4 is 0 Å². The first-order chi connectivity index (χ1) is 8.22. The zero-order chi connectivity index (χ0) is 11.8. The second-order valence-corrected chi connectivity index (χ2v) is 5.11. The van der Waals surface area contributed by atoms with Crippen LogP contribution >= 0.6 is 0 Å². The summed E-state index contributed by atoms with van der Waals surface area (Å²) in [6.45, 7) is 1.77. The number of esters is 1. The maximum absolute atomic E-state index is 11.9. The van der Waals surface area contributed by atoms with Gasteiger partial charge >= 0.3 is 5.97 Å². The lowest BCUT2D eigenvalue weighted by molar-refractivity contribution is 0.0151. The molecule has 0 aliphatic heterocycles. The summed E-state index contributed by atoms with van der Waals surface area (Å²) in [5.74, 6) is 1.68.